The molecule has 0 radical (unpaired) electrons. The maximum Gasteiger partial charge on any atom is 1.00 e. The third-order valence-electron chi connectivity index (χ3n) is 0. The molecule has 0 aromatic rings. The summed E-state index contributed by atoms with van der Waals surface area (Å²) >= 11 is 0. The average molecular weight is 88.1 g/mol. The molecule has 0 aromatic heterocycles. The van der Waals surface area contributed by atoms with E-state index in [0.717, 1.165) is 0 Å². The second-order valence-corrected chi connectivity index (χ2v) is 0. The van der Waals surface area contributed by atoms with Gasteiger partial charge in [-0.2, -0.15) is 0 Å². The van der Waals surface area contributed by atoms with Gasteiger partial charge >= 0.3 is 29.6 Å². The normalized spacial score (nSPS) is 2.25. The molecule has 0 spiro atoms. The van der Waals surface area contributed by atoms with Crippen LogP contribution in [0.2, 0.25) is 0 Å². The Morgan fingerprint density at radius 1 is 1.25 bits per heavy atom. The monoisotopic (exact) mass is 88.0 g/mol. The Morgan fingerprint density at radius 3 is 1.25 bits per heavy atom. The summed E-state index contributed by atoms with van der Waals surface area (Å²) in [6.07, 6.45) is 0. The van der Waals surface area contributed by atoms with Crippen LogP contribution in [-0.2, 0) is 0 Å². The van der Waals surface area contributed by atoms with Crippen LogP contribution in [0.25, 0.3) is 0 Å². The Bertz CT molecular complexity index is 6.00. The van der Waals surface area contributed by atoms with E-state index >= 15 is 0 Å². The Labute approximate surface area is 50.4 Å². The van der Waals surface area contributed by atoms with Crippen LogP contribution in [0.15, 0.2) is 0 Å². The first-order valence-electron chi connectivity index (χ1n) is 0.447. The smallest absolute Gasteiger partial charge is 0.870 e. The summed E-state index contributed by atoms with van der Waals surface area (Å²) in [5.41, 5.74) is 0. The minimum absolute atomic E-state index is 0. The average Bonchev–Trinajstić information content (AvgIpc) is 1.00. The first kappa shape index (κ1) is 19.3. The van der Waals surface area contributed by atoms with Gasteiger partial charge in [0, 0.05) is 0 Å². The van der Waals surface area contributed by atoms with Crippen molar-refractivity contribution in [3.63, 3.8) is 0 Å². The molecule has 0 aromatic carbocycles. The molecule has 4 heteroatoms. The van der Waals surface area contributed by atoms with E-state index in [-0.39, 0.29) is 35.0 Å². The zero-order valence-corrected chi connectivity index (χ0v) is 6.89. The van der Waals surface area contributed by atoms with Gasteiger partial charge in [-0.15, -0.1) is 0 Å². The fourth-order valence-corrected chi connectivity index (χ4v) is 0. The van der Waals surface area contributed by atoms with Crippen LogP contribution in [-0.4, -0.2) is 20.8 Å². The fraction of sp³-hybridized carbons (Fsp3) is 0. The van der Waals surface area contributed by atoms with Gasteiger partial charge in [0.2, 0.25) is 0 Å². The molecule has 0 saturated carbocycles. The van der Waals surface area contributed by atoms with Crippen molar-refractivity contribution in [2.75, 3.05) is 0 Å². The zero-order chi connectivity index (χ0) is 2.00. The van der Waals surface area contributed by atoms with Crippen molar-refractivity contribution in [3.8, 4) is 0 Å². The molecule has 0 atom stereocenters. The molecular formula is H5NaO2Si. The molecule has 2 N–H and O–H groups in total. The predicted molar refractivity (Wildman–Crippen MR) is 14.1 cm³/mol. The summed E-state index contributed by atoms with van der Waals surface area (Å²) in [5, 5.41) is 0. The van der Waals surface area contributed by atoms with E-state index in [0.29, 0.717) is 10.5 Å². The molecule has 0 amide bonds. The third kappa shape index (κ3) is 11.1. The van der Waals surface area contributed by atoms with Crippen molar-refractivity contribution in [3.05, 3.63) is 0 Å². The van der Waals surface area contributed by atoms with Gasteiger partial charge in [-0.05, 0) is 0 Å². The summed E-state index contributed by atoms with van der Waals surface area (Å²) in [4.78, 5) is 7.14. The van der Waals surface area contributed by atoms with Gasteiger partial charge in [-0.1, -0.05) is 0 Å². The van der Waals surface area contributed by atoms with Crippen molar-refractivity contribution >= 4 is 10.5 Å². The summed E-state index contributed by atoms with van der Waals surface area (Å²) in [6, 6.07) is 0. The van der Waals surface area contributed by atoms with E-state index in [1.54, 1.807) is 0 Å². The molecule has 22 valence electrons. The molecule has 0 aliphatic heterocycles. The molecule has 2 nitrogen and oxygen atoms in total. The van der Waals surface area contributed by atoms with Gasteiger partial charge in [0.05, 0.1) is 0 Å². The first-order valence-corrected chi connectivity index (χ1v) is 1.34. The van der Waals surface area contributed by atoms with Crippen molar-refractivity contribution < 1.29 is 39.8 Å². The van der Waals surface area contributed by atoms with Crippen LogP contribution in [0.1, 0.15) is 0 Å². The van der Waals surface area contributed by atoms with Gasteiger partial charge < -0.3 is 10.3 Å². The number of hydrogen-bond donors (Lipinski definition) is 1. The van der Waals surface area contributed by atoms with Crippen molar-refractivity contribution in [1.82, 2.24) is 0 Å². The van der Waals surface area contributed by atoms with Crippen LogP contribution in [0, 0.1) is 0 Å². The molecule has 0 unspecified atom stereocenters. The van der Waals surface area contributed by atoms with Crippen molar-refractivity contribution in [2.45, 2.75) is 0 Å². The topological polar surface area (TPSA) is 50.2 Å². The third-order valence-corrected chi connectivity index (χ3v) is 0. The van der Waals surface area contributed by atoms with Gasteiger partial charge in [-0.25, -0.2) is 0 Å². The maximum absolute atomic E-state index is 7.14. The van der Waals surface area contributed by atoms with E-state index in [2.05, 4.69) is 0 Å². The molecular weight excluding hydrogens is 83.1 g/mol. The van der Waals surface area contributed by atoms with Crippen LogP contribution < -0.4 is 29.6 Å². The SMILES string of the molecule is O[SiH3].[Na+].[OH-]. The molecule has 0 saturated heterocycles. The summed E-state index contributed by atoms with van der Waals surface area (Å²) in [5.74, 6) is 0. The fourth-order valence-electron chi connectivity index (χ4n) is 0. The minimum Gasteiger partial charge on any atom is -0.870 e. The largest absolute Gasteiger partial charge is 1.00 e. The molecule has 0 fully saturated rings. The Kier molecular flexibility index (Phi) is 152. The van der Waals surface area contributed by atoms with Crippen molar-refractivity contribution in [2.24, 2.45) is 0 Å². The Morgan fingerprint density at radius 2 is 1.25 bits per heavy atom. The number of hydrogen-bond acceptors (Lipinski definition) is 2. The minimum atomic E-state index is 0. The molecule has 0 aliphatic carbocycles. The standard InChI is InChI=1S/Na.H4OSi.H2O/c;1-2;/h;1H,2H3;1H2/q+1;;/p-1. The van der Waals surface area contributed by atoms with Crippen LogP contribution in [0.5, 0.6) is 0 Å². The van der Waals surface area contributed by atoms with Gasteiger partial charge in [-0.3, -0.25) is 0 Å². The quantitative estimate of drug-likeness (QED) is 0.302. The summed E-state index contributed by atoms with van der Waals surface area (Å²) < 4.78 is 0. The van der Waals surface area contributed by atoms with Crippen LogP contribution in [0.3, 0.4) is 0 Å². The van der Waals surface area contributed by atoms with Gasteiger partial charge in [0.15, 0.2) is 0 Å². The molecule has 0 bridgehead atoms. The number of rotatable bonds is 0. The Balaban J connectivity index is -0.00000000500. The molecule has 4 heavy (non-hydrogen) atoms. The second-order valence-electron chi connectivity index (χ2n) is 0. The van der Waals surface area contributed by atoms with E-state index in [9.17, 15) is 0 Å². The zero-order valence-electron chi connectivity index (χ0n) is 2.89. The first-order chi connectivity index (χ1) is 1.00. The second kappa shape index (κ2) is 31.5. The van der Waals surface area contributed by atoms with E-state index in [4.69, 9.17) is 4.80 Å². The van der Waals surface area contributed by atoms with Crippen LogP contribution >= 0.6 is 0 Å². The maximum atomic E-state index is 7.14. The van der Waals surface area contributed by atoms with E-state index in [1.807, 2.05) is 0 Å². The summed E-state index contributed by atoms with van der Waals surface area (Å²) in [7, 11) is 0.306. The summed E-state index contributed by atoms with van der Waals surface area (Å²) in [6.45, 7) is 0. The molecule has 0 aliphatic rings. The van der Waals surface area contributed by atoms with Crippen LogP contribution in [0.4, 0.5) is 0 Å². The van der Waals surface area contributed by atoms with Gasteiger partial charge in [0.25, 0.3) is 0 Å². The van der Waals surface area contributed by atoms with Gasteiger partial charge in [0.1, 0.15) is 10.5 Å². The molecule has 0 heterocycles. The van der Waals surface area contributed by atoms with E-state index in [1.165, 1.54) is 0 Å². The Hall–Kier alpha value is 1.14. The molecule has 0 rings (SSSR count). The van der Waals surface area contributed by atoms with E-state index < -0.39 is 0 Å². The predicted octanol–water partition coefficient (Wildman–Crippen LogP) is -4.91. The van der Waals surface area contributed by atoms with Crippen molar-refractivity contribution in [1.29, 1.82) is 0 Å².